The van der Waals surface area contributed by atoms with Gasteiger partial charge in [-0.05, 0) is 0 Å². The van der Waals surface area contributed by atoms with Crippen LogP contribution in [-0.4, -0.2) is 100.0 Å². The highest BCUT2D eigenvalue weighted by molar-refractivity contribution is 4.52. The fraction of sp³-hybridized carbons (Fsp3) is 1.00. The zero-order chi connectivity index (χ0) is 13.5. The maximum absolute atomic E-state index is 10.0. The molecule has 0 aliphatic rings. The first-order valence-corrected chi connectivity index (χ1v) is 6.15. The predicted molar refractivity (Wildman–Crippen MR) is 68.7 cm³/mol. The Balaban J connectivity index is 3.90. The molecule has 5 heteroatoms. The average Bonchev–Trinajstić information content (AvgIpc) is 2.08. The molecular formula is C12H30N2O3+2. The second-order valence-corrected chi connectivity index (χ2v) is 6.30. The number of hydrogen-bond acceptors (Lipinski definition) is 3. The fourth-order valence-corrected chi connectivity index (χ4v) is 1.83. The van der Waals surface area contributed by atoms with Gasteiger partial charge >= 0.3 is 0 Å². The minimum absolute atomic E-state index is 0.0670. The summed E-state index contributed by atoms with van der Waals surface area (Å²) in [6, 6.07) is 0. The van der Waals surface area contributed by atoms with Gasteiger partial charge in [0.1, 0.15) is 19.6 Å². The lowest BCUT2D eigenvalue weighted by Gasteiger charge is -2.34. The lowest BCUT2D eigenvalue weighted by atomic mass is 10.2. The van der Waals surface area contributed by atoms with Crippen LogP contribution in [0.3, 0.4) is 0 Å². The number of hydrogen-bond donors (Lipinski definition) is 2. The Morgan fingerprint density at radius 3 is 2.06 bits per heavy atom. The van der Waals surface area contributed by atoms with Crippen LogP contribution in [0.1, 0.15) is 0 Å². The quantitative estimate of drug-likeness (QED) is 0.413. The van der Waals surface area contributed by atoms with Gasteiger partial charge in [-0.25, -0.2) is 0 Å². The summed E-state index contributed by atoms with van der Waals surface area (Å²) in [6.07, 6.45) is -0.303. The Morgan fingerprint density at radius 2 is 1.59 bits per heavy atom. The van der Waals surface area contributed by atoms with Crippen LogP contribution in [-0.2, 0) is 4.74 Å². The summed E-state index contributed by atoms with van der Waals surface area (Å²) in [5.41, 5.74) is 0. The maximum atomic E-state index is 10.0. The van der Waals surface area contributed by atoms with Crippen LogP contribution in [0.5, 0.6) is 0 Å². The molecule has 0 radical (unpaired) electrons. The summed E-state index contributed by atoms with van der Waals surface area (Å²) in [6.45, 7) is 3.38. The van der Waals surface area contributed by atoms with Gasteiger partial charge in [-0.2, -0.15) is 0 Å². The van der Waals surface area contributed by atoms with Gasteiger partial charge in [0.2, 0.25) is 0 Å². The van der Waals surface area contributed by atoms with Gasteiger partial charge in [-0.15, -0.1) is 0 Å². The molecule has 1 atom stereocenters. The SMILES string of the molecule is C[N+](C)(C)CC(O)C[N+](C)(C)CCOCCO. The molecule has 0 aliphatic carbocycles. The third kappa shape index (κ3) is 10.7. The summed E-state index contributed by atoms with van der Waals surface area (Å²) >= 11 is 0. The molecule has 0 heterocycles. The van der Waals surface area contributed by atoms with Crippen molar-refractivity contribution < 1.29 is 23.9 Å². The van der Waals surface area contributed by atoms with Gasteiger partial charge in [0.25, 0.3) is 0 Å². The molecule has 0 fully saturated rings. The minimum Gasteiger partial charge on any atom is -0.394 e. The normalized spacial score (nSPS) is 15.0. The molecule has 0 saturated heterocycles. The Bertz CT molecular complexity index is 202. The van der Waals surface area contributed by atoms with Gasteiger partial charge in [0.05, 0.1) is 55.1 Å². The molecule has 0 rings (SSSR count). The van der Waals surface area contributed by atoms with E-state index in [2.05, 4.69) is 35.2 Å². The van der Waals surface area contributed by atoms with E-state index in [0.717, 1.165) is 28.6 Å². The summed E-state index contributed by atoms with van der Waals surface area (Å²) in [7, 11) is 10.4. The molecule has 1 unspecified atom stereocenters. The number of quaternary nitrogens is 2. The molecule has 0 bridgehead atoms. The summed E-state index contributed by atoms with van der Waals surface area (Å²) in [4.78, 5) is 0. The lowest BCUT2D eigenvalue weighted by molar-refractivity contribution is -0.907. The fourth-order valence-electron chi connectivity index (χ4n) is 1.83. The third-order valence-corrected chi connectivity index (χ3v) is 2.54. The molecule has 17 heavy (non-hydrogen) atoms. The number of likely N-dealkylation sites (N-methyl/N-ethyl adjacent to an activating group) is 2. The van der Waals surface area contributed by atoms with Crippen LogP contribution in [0.4, 0.5) is 0 Å². The van der Waals surface area contributed by atoms with Crippen LogP contribution in [0.25, 0.3) is 0 Å². The third-order valence-electron chi connectivity index (χ3n) is 2.54. The zero-order valence-electron chi connectivity index (χ0n) is 12.0. The zero-order valence-corrected chi connectivity index (χ0v) is 12.0. The molecule has 2 N–H and O–H groups in total. The van der Waals surface area contributed by atoms with E-state index in [1.165, 1.54) is 0 Å². The Hall–Kier alpha value is -0.200. The van der Waals surface area contributed by atoms with Gasteiger partial charge in [-0.1, -0.05) is 0 Å². The molecule has 0 amide bonds. The first-order valence-electron chi connectivity index (χ1n) is 6.15. The maximum Gasteiger partial charge on any atom is 0.152 e. The first-order chi connectivity index (χ1) is 7.66. The van der Waals surface area contributed by atoms with Gasteiger partial charge in [0.15, 0.2) is 6.10 Å². The van der Waals surface area contributed by atoms with Crippen LogP contribution in [0.15, 0.2) is 0 Å². The first kappa shape index (κ1) is 16.8. The van der Waals surface area contributed by atoms with Crippen LogP contribution in [0, 0.1) is 0 Å². The smallest absolute Gasteiger partial charge is 0.152 e. The van der Waals surface area contributed by atoms with E-state index in [1.807, 2.05) is 0 Å². The van der Waals surface area contributed by atoms with E-state index >= 15 is 0 Å². The van der Waals surface area contributed by atoms with E-state index in [9.17, 15) is 5.11 Å². The number of ether oxygens (including phenoxy) is 1. The molecule has 5 nitrogen and oxygen atoms in total. The van der Waals surface area contributed by atoms with Gasteiger partial charge < -0.3 is 23.9 Å². The van der Waals surface area contributed by atoms with Crippen molar-refractivity contribution in [2.45, 2.75) is 6.10 Å². The van der Waals surface area contributed by atoms with Crippen molar-refractivity contribution in [1.82, 2.24) is 0 Å². The van der Waals surface area contributed by atoms with Crippen LogP contribution >= 0.6 is 0 Å². The molecule has 0 aromatic rings. The second kappa shape index (κ2) is 7.28. The highest BCUT2D eigenvalue weighted by atomic mass is 16.5. The standard InChI is InChI=1S/C12H30N2O3/c1-13(2,3)10-12(16)11-14(4,5)6-8-17-9-7-15/h12,15-16H,6-11H2,1-5H3/q+2. The number of aliphatic hydroxyl groups is 2. The molecule has 0 spiro atoms. The topological polar surface area (TPSA) is 49.7 Å². The molecule has 0 aromatic carbocycles. The van der Waals surface area contributed by atoms with Gasteiger partial charge in [-0.3, -0.25) is 0 Å². The number of rotatable bonds is 9. The van der Waals surface area contributed by atoms with Crippen molar-refractivity contribution >= 4 is 0 Å². The van der Waals surface area contributed by atoms with Crippen molar-refractivity contribution in [1.29, 1.82) is 0 Å². The van der Waals surface area contributed by atoms with Crippen molar-refractivity contribution in [3.63, 3.8) is 0 Å². The van der Waals surface area contributed by atoms with Crippen molar-refractivity contribution in [2.75, 3.05) is 74.7 Å². The largest absolute Gasteiger partial charge is 0.394 e. The predicted octanol–water partition coefficient (Wildman–Crippen LogP) is -0.861. The minimum atomic E-state index is -0.303. The summed E-state index contributed by atoms with van der Waals surface area (Å²) < 4.78 is 6.74. The Morgan fingerprint density at radius 1 is 1.00 bits per heavy atom. The van der Waals surface area contributed by atoms with Crippen molar-refractivity contribution in [3.8, 4) is 0 Å². The molecular weight excluding hydrogens is 220 g/mol. The van der Waals surface area contributed by atoms with E-state index in [0.29, 0.717) is 13.2 Å². The summed E-state index contributed by atoms with van der Waals surface area (Å²) in [5.74, 6) is 0. The van der Waals surface area contributed by atoms with E-state index in [4.69, 9.17) is 9.84 Å². The molecule has 0 aliphatic heterocycles. The van der Waals surface area contributed by atoms with Crippen LogP contribution in [0.2, 0.25) is 0 Å². The number of aliphatic hydroxyl groups excluding tert-OH is 2. The lowest BCUT2D eigenvalue weighted by Crippen LogP contribution is -2.52. The Labute approximate surface area is 105 Å². The Kier molecular flexibility index (Phi) is 7.20. The highest BCUT2D eigenvalue weighted by Gasteiger charge is 2.24. The monoisotopic (exact) mass is 250 g/mol. The molecule has 104 valence electrons. The van der Waals surface area contributed by atoms with Crippen molar-refractivity contribution in [3.05, 3.63) is 0 Å². The van der Waals surface area contributed by atoms with E-state index in [1.54, 1.807) is 0 Å². The van der Waals surface area contributed by atoms with E-state index < -0.39 is 0 Å². The number of nitrogens with zero attached hydrogens (tertiary/aromatic N) is 2. The second-order valence-electron chi connectivity index (χ2n) is 6.30. The highest BCUT2D eigenvalue weighted by Crippen LogP contribution is 2.03. The van der Waals surface area contributed by atoms with Crippen molar-refractivity contribution in [2.24, 2.45) is 0 Å². The van der Waals surface area contributed by atoms with E-state index in [-0.39, 0.29) is 12.7 Å². The summed E-state index contributed by atoms with van der Waals surface area (Å²) in [5, 5.41) is 18.6. The molecule has 0 aromatic heterocycles. The molecule has 0 saturated carbocycles. The van der Waals surface area contributed by atoms with Crippen LogP contribution < -0.4 is 0 Å². The average molecular weight is 250 g/mol. The van der Waals surface area contributed by atoms with Gasteiger partial charge in [0, 0.05) is 0 Å².